The second-order valence-electron chi connectivity index (χ2n) is 6.90. The van der Waals surface area contributed by atoms with Crippen LogP contribution in [0.1, 0.15) is 27.0 Å². The molecule has 10 heteroatoms. The number of halogens is 6. The van der Waals surface area contributed by atoms with E-state index in [9.17, 15) is 31.1 Å². The molecule has 2 atom stereocenters. The number of aliphatic imine (C=N–C) groups is 2. The van der Waals surface area contributed by atoms with E-state index < -0.39 is 29.4 Å². The van der Waals surface area contributed by atoms with Crippen LogP contribution in [0.25, 0.3) is 0 Å². The molecule has 0 bridgehead atoms. The van der Waals surface area contributed by atoms with Crippen molar-refractivity contribution in [2.24, 2.45) is 9.98 Å². The predicted octanol–water partition coefficient (Wildman–Crippen LogP) is 4.73. The Morgan fingerprint density at radius 1 is 0.767 bits per heavy atom. The Bertz CT molecular complexity index is 1020. The number of hydrogen-bond donors (Lipinski definition) is 0. The third-order valence-corrected chi connectivity index (χ3v) is 4.96. The van der Waals surface area contributed by atoms with E-state index in [1.807, 2.05) is 0 Å². The Morgan fingerprint density at radius 2 is 1.17 bits per heavy atom. The molecule has 2 heterocycles. The van der Waals surface area contributed by atoms with Crippen molar-refractivity contribution in [1.82, 2.24) is 0 Å². The number of carbonyl (C=O) groups is 1. The van der Waals surface area contributed by atoms with Gasteiger partial charge in [0.15, 0.2) is 0 Å². The van der Waals surface area contributed by atoms with Gasteiger partial charge in [0.05, 0.1) is 5.56 Å². The van der Waals surface area contributed by atoms with E-state index in [1.54, 1.807) is 0 Å². The van der Waals surface area contributed by atoms with Crippen LogP contribution in [0, 0.1) is 0 Å². The van der Waals surface area contributed by atoms with Crippen LogP contribution in [0.5, 0.6) is 0 Å². The Labute approximate surface area is 165 Å². The second kappa shape index (κ2) is 6.41. The van der Waals surface area contributed by atoms with Gasteiger partial charge in [-0.25, -0.2) is 4.79 Å². The molecule has 0 aromatic heterocycles. The van der Waals surface area contributed by atoms with Gasteiger partial charge in [-0.2, -0.15) is 26.3 Å². The zero-order valence-electron chi connectivity index (χ0n) is 15.0. The lowest BCUT2D eigenvalue weighted by atomic mass is 9.96. The van der Waals surface area contributed by atoms with E-state index >= 15 is 0 Å². The summed E-state index contributed by atoms with van der Waals surface area (Å²) in [6.45, 7) is -0.212. The fourth-order valence-corrected chi connectivity index (χ4v) is 3.00. The quantitative estimate of drug-likeness (QED) is 0.513. The van der Waals surface area contributed by atoms with Crippen LogP contribution in [0.4, 0.5) is 26.3 Å². The number of benzene rings is 2. The molecule has 0 saturated carbocycles. The van der Waals surface area contributed by atoms with Crippen molar-refractivity contribution in [3.05, 3.63) is 70.8 Å². The normalized spacial score (nSPS) is 24.6. The largest absolute Gasteiger partial charge is 0.457 e. The van der Waals surface area contributed by atoms with Crippen LogP contribution in [-0.4, -0.2) is 30.8 Å². The Hall–Kier alpha value is -3.17. The molecule has 0 aliphatic carbocycles. The molecule has 2 aliphatic rings. The molecule has 0 spiro atoms. The van der Waals surface area contributed by atoms with Crippen LogP contribution in [0.15, 0.2) is 58.5 Å². The van der Waals surface area contributed by atoms with Crippen molar-refractivity contribution in [2.75, 3.05) is 0 Å². The first-order valence-electron chi connectivity index (χ1n) is 8.62. The minimum absolute atomic E-state index is 0.0377. The smallest absolute Gasteiger partial charge is 0.422 e. The molecule has 0 amide bonds. The van der Waals surface area contributed by atoms with Crippen molar-refractivity contribution in [3.63, 3.8) is 0 Å². The number of esters is 1. The van der Waals surface area contributed by atoms with Crippen molar-refractivity contribution in [3.8, 4) is 0 Å². The number of carbonyl (C=O) groups excluding carboxylic acids is 1. The van der Waals surface area contributed by atoms with Crippen LogP contribution >= 0.6 is 0 Å². The summed E-state index contributed by atoms with van der Waals surface area (Å²) in [7, 11) is 0. The van der Waals surface area contributed by atoms with E-state index in [-0.39, 0.29) is 23.3 Å². The molecular formula is C20H12F6N2O2. The lowest BCUT2D eigenvalue weighted by Crippen LogP contribution is -2.31. The molecule has 4 rings (SSSR count). The number of nitrogens with zero attached hydrogens (tertiary/aromatic N) is 2. The first kappa shape index (κ1) is 20.1. The summed E-state index contributed by atoms with van der Waals surface area (Å²) >= 11 is 0. The summed E-state index contributed by atoms with van der Waals surface area (Å²) in [5.41, 5.74) is -4.26. The first-order chi connectivity index (χ1) is 14.0. The number of ether oxygens (including phenoxy) is 1. The molecule has 2 aliphatic heterocycles. The average Bonchev–Trinajstić information content (AvgIpc) is 3.58. The van der Waals surface area contributed by atoms with Gasteiger partial charge in [0, 0.05) is 12.4 Å². The first-order valence-corrected chi connectivity index (χ1v) is 8.62. The zero-order chi connectivity index (χ0) is 21.8. The molecule has 2 aromatic carbocycles. The number of hydrogen-bond acceptors (Lipinski definition) is 4. The minimum atomic E-state index is -4.56. The van der Waals surface area contributed by atoms with E-state index in [2.05, 4.69) is 9.98 Å². The van der Waals surface area contributed by atoms with Gasteiger partial charge >= 0.3 is 18.3 Å². The van der Waals surface area contributed by atoms with Crippen molar-refractivity contribution in [1.29, 1.82) is 0 Å². The molecule has 4 nitrogen and oxygen atoms in total. The van der Waals surface area contributed by atoms with Crippen LogP contribution in [-0.2, 0) is 22.4 Å². The second-order valence-corrected chi connectivity index (χ2v) is 6.90. The molecule has 30 heavy (non-hydrogen) atoms. The fourth-order valence-electron chi connectivity index (χ4n) is 3.00. The maximum Gasteiger partial charge on any atom is 0.422 e. The molecule has 0 radical (unpaired) electrons. The zero-order valence-corrected chi connectivity index (χ0v) is 15.0. The maximum atomic E-state index is 13.0. The number of rotatable bonds is 5. The molecule has 0 N–H and O–H groups in total. The molecule has 0 fully saturated rings. The number of alkyl halides is 6. The highest BCUT2D eigenvalue weighted by Crippen LogP contribution is 2.48. The summed E-state index contributed by atoms with van der Waals surface area (Å²) in [5.74, 6) is -0.777. The highest BCUT2D eigenvalue weighted by molar-refractivity contribution is 5.91. The Balaban J connectivity index is 1.37. The summed E-state index contributed by atoms with van der Waals surface area (Å²) in [5, 5.41) is 0. The fraction of sp³-hybridized carbons (Fsp3) is 0.250. The maximum absolute atomic E-state index is 13.0. The molecular weight excluding hydrogens is 414 g/mol. The topological polar surface area (TPSA) is 51.0 Å². The van der Waals surface area contributed by atoms with E-state index in [1.165, 1.54) is 36.4 Å². The van der Waals surface area contributed by atoms with Crippen LogP contribution in [0.2, 0.25) is 0 Å². The van der Waals surface area contributed by atoms with Gasteiger partial charge in [-0.15, -0.1) is 0 Å². The van der Waals surface area contributed by atoms with Crippen molar-refractivity contribution >= 4 is 18.4 Å². The van der Waals surface area contributed by atoms with Gasteiger partial charge in [0.1, 0.15) is 6.61 Å². The third-order valence-electron chi connectivity index (χ3n) is 4.96. The standard InChI is InChI=1S/C20H12F6N2O2/c21-19(22,23)17(10-27-17)14-5-1-12(2-6-14)9-30-16(29)13-3-7-15(8-4-13)18(11-28-18)20(24,25)26/h1-8,10-11H,9H2. The lowest BCUT2D eigenvalue weighted by Gasteiger charge is -2.18. The average molecular weight is 426 g/mol. The minimum Gasteiger partial charge on any atom is -0.457 e. The van der Waals surface area contributed by atoms with E-state index in [4.69, 9.17) is 4.74 Å². The van der Waals surface area contributed by atoms with Gasteiger partial charge in [0.2, 0.25) is 11.1 Å². The third kappa shape index (κ3) is 3.25. The van der Waals surface area contributed by atoms with E-state index in [0.29, 0.717) is 5.56 Å². The van der Waals surface area contributed by atoms with Gasteiger partial charge in [-0.1, -0.05) is 36.4 Å². The van der Waals surface area contributed by atoms with Gasteiger partial charge < -0.3 is 4.74 Å². The predicted molar refractivity (Wildman–Crippen MR) is 94.5 cm³/mol. The highest BCUT2D eigenvalue weighted by atomic mass is 19.4. The molecule has 0 saturated heterocycles. The van der Waals surface area contributed by atoms with Gasteiger partial charge in [0.25, 0.3) is 0 Å². The molecule has 2 unspecified atom stereocenters. The summed E-state index contributed by atoms with van der Waals surface area (Å²) in [4.78, 5) is 18.8. The molecule has 156 valence electrons. The molecule has 2 aromatic rings. The summed E-state index contributed by atoms with van der Waals surface area (Å²) < 4.78 is 83.3. The SMILES string of the molecule is O=C(OCc1ccc(C2(C(F)(F)F)C=N2)cc1)c1ccc(C2(C(F)(F)F)C=N2)cc1. The highest BCUT2D eigenvalue weighted by Gasteiger charge is 2.62. The van der Waals surface area contributed by atoms with Gasteiger partial charge in [-0.3, -0.25) is 9.98 Å². The van der Waals surface area contributed by atoms with E-state index in [0.717, 1.165) is 24.6 Å². The van der Waals surface area contributed by atoms with Crippen LogP contribution in [0.3, 0.4) is 0 Å². The summed E-state index contributed by atoms with van der Waals surface area (Å²) in [6.07, 6.45) is -7.47. The lowest BCUT2D eigenvalue weighted by molar-refractivity contribution is -0.156. The summed E-state index contributed by atoms with van der Waals surface area (Å²) in [6, 6.07) is 9.99. The van der Waals surface area contributed by atoms with Crippen molar-refractivity contribution in [2.45, 2.75) is 30.0 Å². The Kier molecular flexibility index (Phi) is 4.30. The Morgan fingerprint density at radius 3 is 1.53 bits per heavy atom. The van der Waals surface area contributed by atoms with Crippen LogP contribution < -0.4 is 0 Å². The van der Waals surface area contributed by atoms with Gasteiger partial charge in [-0.05, 0) is 28.8 Å². The monoisotopic (exact) mass is 426 g/mol. The van der Waals surface area contributed by atoms with Crippen molar-refractivity contribution < 1.29 is 35.9 Å².